The van der Waals surface area contributed by atoms with Crippen LogP contribution in [0.4, 0.5) is 0 Å². The average Bonchev–Trinajstić information content (AvgIpc) is 2.99. The highest BCUT2D eigenvalue weighted by Gasteiger charge is 2.05. The van der Waals surface area contributed by atoms with E-state index in [1.54, 1.807) is 6.07 Å². The molecular weight excluding hydrogens is 464 g/mol. The summed E-state index contributed by atoms with van der Waals surface area (Å²) in [6.45, 7) is -0.131. The molecule has 0 aliphatic rings. The number of nitrogens with zero attached hydrogens (tertiary/aromatic N) is 1. The highest BCUT2D eigenvalue weighted by Crippen LogP contribution is 2.25. The van der Waals surface area contributed by atoms with Crippen LogP contribution in [0.2, 0.25) is 0 Å². The molecule has 7 heteroatoms. The van der Waals surface area contributed by atoms with Crippen LogP contribution in [0.5, 0.6) is 5.75 Å². The van der Waals surface area contributed by atoms with Gasteiger partial charge in [-0.1, -0.05) is 42.5 Å². The van der Waals surface area contributed by atoms with Gasteiger partial charge >= 0.3 is 0 Å². The maximum Gasteiger partial charge on any atom is 0.277 e. The summed E-state index contributed by atoms with van der Waals surface area (Å²) in [7, 11) is 0. The standard InChI is InChI=1S/C19H14Br2N2O3/c20-17-10-16(26-19(17)21)11-22-23-18(24)12-25-15-8-6-14(7-9-15)13-4-2-1-3-5-13/h1-11H,12H2,(H,23,24). The van der Waals surface area contributed by atoms with Crippen molar-refractivity contribution < 1.29 is 13.9 Å². The fourth-order valence-electron chi connectivity index (χ4n) is 2.15. The molecule has 0 unspecified atom stereocenters. The minimum Gasteiger partial charge on any atom is -0.484 e. The minimum absolute atomic E-state index is 0.131. The highest BCUT2D eigenvalue weighted by atomic mass is 79.9. The molecule has 1 N–H and O–H groups in total. The van der Waals surface area contributed by atoms with Gasteiger partial charge in [-0.3, -0.25) is 4.79 Å². The second-order valence-corrected chi connectivity index (χ2v) is 6.82. The fourth-order valence-corrected chi connectivity index (χ4v) is 2.76. The van der Waals surface area contributed by atoms with Gasteiger partial charge in [0.1, 0.15) is 11.5 Å². The Kier molecular flexibility index (Phi) is 6.25. The number of ether oxygens (including phenoxy) is 1. The van der Waals surface area contributed by atoms with Gasteiger partial charge in [-0.15, -0.1) is 0 Å². The van der Waals surface area contributed by atoms with Gasteiger partial charge in [-0.2, -0.15) is 5.10 Å². The van der Waals surface area contributed by atoms with Crippen LogP contribution in [0.25, 0.3) is 11.1 Å². The molecule has 2 aromatic carbocycles. The Morgan fingerprint density at radius 3 is 2.42 bits per heavy atom. The van der Waals surface area contributed by atoms with Crippen molar-refractivity contribution in [1.29, 1.82) is 0 Å². The number of hydrazone groups is 1. The normalized spacial score (nSPS) is 10.8. The number of furan rings is 1. The van der Waals surface area contributed by atoms with Gasteiger partial charge in [0.2, 0.25) is 0 Å². The molecular formula is C19H14Br2N2O3. The van der Waals surface area contributed by atoms with Gasteiger partial charge in [-0.25, -0.2) is 5.43 Å². The molecule has 0 saturated carbocycles. The molecule has 3 aromatic rings. The van der Waals surface area contributed by atoms with Crippen molar-refractivity contribution in [1.82, 2.24) is 5.43 Å². The first-order chi connectivity index (χ1) is 12.6. The van der Waals surface area contributed by atoms with Crippen LogP contribution in [0, 0.1) is 0 Å². The molecule has 1 amide bonds. The Bertz CT molecular complexity index is 887. The van der Waals surface area contributed by atoms with E-state index in [1.165, 1.54) is 6.21 Å². The summed E-state index contributed by atoms with van der Waals surface area (Å²) >= 11 is 6.52. The number of carbonyl (C=O) groups excluding carboxylic acids is 1. The molecule has 0 aliphatic carbocycles. The molecule has 0 aliphatic heterocycles. The first kappa shape index (κ1) is 18.4. The maximum atomic E-state index is 11.8. The van der Waals surface area contributed by atoms with E-state index in [2.05, 4.69) is 42.4 Å². The third-order valence-corrected chi connectivity index (χ3v) is 5.09. The van der Waals surface area contributed by atoms with Crippen LogP contribution < -0.4 is 10.2 Å². The van der Waals surface area contributed by atoms with Crippen molar-refractivity contribution in [2.24, 2.45) is 5.10 Å². The predicted octanol–water partition coefficient (Wildman–Crippen LogP) is 5.00. The molecule has 26 heavy (non-hydrogen) atoms. The SMILES string of the molecule is O=C(COc1ccc(-c2ccccc2)cc1)NN=Cc1cc(Br)c(Br)o1. The zero-order valence-corrected chi connectivity index (χ0v) is 16.7. The van der Waals surface area contributed by atoms with Crippen LogP contribution in [0.3, 0.4) is 0 Å². The van der Waals surface area contributed by atoms with E-state index in [4.69, 9.17) is 9.15 Å². The van der Waals surface area contributed by atoms with Crippen LogP contribution in [0.1, 0.15) is 5.76 Å². The summed E-state index contributed by atoms with van der Waals surface area (Å²) in [5, 5.41) is 3.82. The molecule has 3 rings (SSSR count). The number of halogens is 2. The second kappa shape index (κ2) is 8.82. The van der Waals surface area contributed by atoms with Gasteiger partial charge in [0.05, 0.1) is 10.7 Å². The molecule has 5 nitrogen and oxygen atoms in total. The van der Waals surface area contributed by atoms with Crippen LogP contribution >= 0.6 is 31.9 Å². The lowest BCUT2D eigenvalue weighted by Gasteiger charge is -2.06. The number of carbonyl (C=O) groups is 1. The molecule has 0 bridgehead atoms. The Labute approximate surface area is 167 Å². The number of amides is 1. The zero-order valence-electron chi connectivity index (χ0n) is 13.5. The van der Waals surface area contributed by atoms with Crippen molar-refractivity contribution in [3.63, 3.8) is 0 Å². The number of hydrogen-bond donors (Lipinski definition) is 1. The number of hydrogen-bond acceptors (Lipinski definition) is 4. The zero-order chi connectivity index (χ0) is 18.4. The van der Waals surface area contributed by atoms with Gasteiger partial charge in [0.15, 0.2) is 11.3 Å². The van der Waals surface area contributed by atoms with Crippen LogP contribution in [0.15, 0.2) is 79.3 Å². The van der Waals surface area contributed by atoms with E-state index in [9.17, 15) is 4.79 Å². The molecule has 1 aromatic heterocycles. The van der Waals surface area contributed by atoms with Gasteiger partial charge in [-0.05, 0) is 55.1 Å². The predicted molar refractivity (Wildman–Crippen MR) is 107 cm³/mol. The summed E-state index contributed by atoms with van der Waals surface area (Å²) < 4.78 is 12.1. The first-order valence-corrected chi connectivity index (χ1v) is 9.25. The van der Waals surface area contributed by atoms with Crippen LogP contribution in [-0.4, -0.2) is 18.7 Å². The second-order valence-electron chi connectivity index (χ2n) is 5.24. The Morgan fingerprint density at radius 1 is 1.08 bits per heavy atom. The third kappa shape index (κ3) is 5.06. The fraction of sp³-hybridized carbons (Fsp3) is 0.0526. The van der Waals surface area contributed by atoms with Gasteiger partial charge < -0.3 is 9.15 Å². The molecule has 132 valence electrons. The molecule has 0 fully saturated rings. The summed E-state index contributed by atoms with van der Waals surface area (Å²) in [6.07, 6.45) is 1.40. The van der Waals surface area contributed by atoms with Crippen molar-refractivity contribution in [3.05, 3.63) is 75.6 Å². The summed E-state index contributed by atoms with van der Waals surface area (Å²) in [6, 6.07) is 19.3. The molecule has 0 spiro atoms. The third-order valence-electron chi connectivity index (χ3n) is 3.38. The largest absolute Gasteiger partial charge is 0.484 e. The summed E-state index contributed by atoms with van der Waals surface area (Å²) in [5.74, 6) is 0.752. The van der Waals surface area contributed by atoms with Gasteiger partial charge in [0, 0.05) is 6.07 Å². The topological polar surface area (TPSA) is 63.8 Å². The van der Waals surface area contributed by atoms with Crippen LogP contribution in [-0.2, 0) is 4.79 Å². The molecule has 0 radical (unpaired) electrons. The highest BCUT2D eigenvalue weighted by molar-refractivity contribution is 9.13. The quantitative estimate of drug-likeness (QED) is 0.401. The number of rotatable bonds is 6. The molecule has 1 heterocycles. The van der Waals surface area contributed by atoms with E-state index in [1.807, 2.05) is 54.6 Å². The minimum atomic E-state index is -0.363. The average molecular weight is 478 g/mol. The Hall–Kier alpha value is -2.38. The van der Waals surface area contributed by atoms with Gasteiger partial charge in [0.25, 0.3) is 5.91 Å². The Balaban J connectivity index is 1.48. The molecule has 0 saturated heterocycles. The lowest BCUT2D eigenvalue weighted by atomic mass is 10.1. The summed E-state index contributed by atoms with van der Waals surface area (Å²) in [4.78, 5) is 11.8. The van der Waals surface area contributed by atoms with E-state index in [0.29, 0.717) is 16.2 Å². The first-order valence-electron chi connectivity index (χ1n) is 7.67. The lowest BCUT2D eigenvalue weighted by Crippen LogP contribution is -2.24. The van der Waals surface area contributed by atoms with Crippen molar-refractivity contribution in [2.45, 2.75) is 0 Å². The lowest BCUT2D eigenvalue weighted by molar-refractivity contribution is -0.123. The number of benzene rings is 2. The van der Waals surface area contributed by atoms with Crippen molar-refractivity contribution in [2.75, 3.05) is 6.61 Å². The molecule has 0 atom stereocenters. The Morgan fingerprint density at radius 2 is 1.77 bits per heavy atom. The summed E-state index contributed by atoms with van der Waals surface area (Å²) in [5.41, 5.74) is 4.60. The monoisotopic (exact) mass is 476 g/mol. The van der Waals surface area contributed by atoms with Crippen molar-refractivity contribution in [3.8, 4) is 16.9 Å². The van der Waals surface area contributed by atoms with Crippen molar-refractivity contribution >= 4 is 44.0 Å². The smallest absolute Gasteiger partial charge is 0.277 e. The van der Waals surface area contributed by atoms with E-state index in [0.717, 1.165) is 15.6 Å². The number of nitrogens with one attached hydrogen (secondary N) is 1. The van der Waals surface area contributed by atoms with E-state index in [-0.39, 0.29) is 12.5 Å². The van der Waals surface area contributed by atoms with E-state index < -0.39 is 0 Å². The van der Waals surface area contributed by atoms with E-state index >= 15 is 0 Å². The maximum absolute atomic E-state index is 11.8.